The third-order valence-electron chi connectivity index (χ3n) is 4.01. The molecule has 1 aromatic carbocycles. The summed E-state index contributed by atoms with van der Waals surface area (Å²) >= 11 is 0. The molecule has 1 heterocycles. The molecular formula is C16H23N3O. The molecule has 0 aromatic heterocycles. The fourth-order valence-electron chi connectivity index (χ4n) is 2.64. The van der Waals surface area contributed by atoms with Gasteiger partial charge in [-0.25, -0.2) is 0 Å². The monoisotopic (exact) mass is 273 g/mol. The Bertz CT molecular complexity index is 452. The number of nitriles is 1. The van der Waals surface area contributed by atoms with Crippen molar-refractivity contribution in [2.24, 2.45) is 0 Å². The summed E-state index contributed by atoms with van der Waals surface area (Å²) in [5, 5.41) is 12.1. The summed E-state index contributed by atoms with van der Waals surface area (Å²) in [5.74, 6) is 0.748. The lowest BCUT2D eigenvalue weighted by atomic mass is 10.1. The van der Waals surface area contributed by atoms with Gasteiger partial charge >= 0.3 is 0 Å². The molecule has 1 aliphatic rings. The molecule has 0 bridgehead atoms. The van der Waals surface area contributed by atoms with Crippen molar-refractivity contribution in [2.45, 2.75) is 31.8 Å². The van der Waals surface area contributed by atoms with Crippen molar-refractivity contribution in [3.05, 3.63) is 29.8 Å². The largest absolute Gasteiger partial charge is 0.479 e. The average Bonchev–Trinajstić information content (AvgIpc) is 2.88. The van der Waals surface area contributed by atoms with Gasteiger partial charge in [0.1, 0.15) is 11.8 Å². The Balaban J connectivity index is 1.82. The van der Waals surface area contributed by atoms with Gasteiger partial charge in [-0.1, -0.05) is 12.1 Å². The Hall–Kier alpha value is -1.57. The molecule has 108 valence electrons. The molecule has 2 rings (SSSR count). The first-order chi connectivity index (χ1) is 9.70. The van der Waals surface area contributed by atoms with Crippen LogP contribution in [0.15, 0.2) is 24.3 Å². The zero-order valence-corrected chi connectivity index (χ0v) is 12.3. The van der Waals surface area contributed by atoms with E-state index in [1.165, 1.54) is 24.9 Å². The summed E-state index contributed by atoms with van der Waals surface area (Å²) in [4.78, 5) is 2.43. The molecule has 0 amide bonds. The molecule has 1 aliphatic heterocycles. The average molecular weight is 273 g/mol. The molecule has 1 aromatic rings. The van der Waals surface area contributed by atoms with E-state index in [-0.39, 0.29) is 6.61 Å². The second kappa shape index (κ2) is 7.28. The number of hydrogen-bond donors (Lipinski definition) is 1. The normalized spacial score (nSPS) is 20.6. The van der Waals surface area contributed by atoms with Crippen LogP contribution in [0.25, 0.3) is 0 Å². The van der Waals surface area contributed by atoms with Gasteiger partial charge in [-0.3, -0.25) is 0 Å². The van der Waals surface area contributed by atoms with E-state index in [1.807, 2.05) is 18.2 Å². The van der Waals surface area contributed by atoms with Crippen molar-refractivity contribution in [1.29, 1.82) is 5.26 Å². The first-order valence-corrected chi connectivity index (χ1v) is 7.24. The summed E-state index contributed by atoms with van der Waals surface area (Å²) in [6.45, 7) is 4.53. The van der Waals surface area contributed by atoms with E-state index in [0.717, 1.165) is 12.3 Å². The van der Waals surface area contributed by atoms with Crippen LogP contribution in [0.2, 0.25) is 0 Å². The summed E-state index contributed by atoms with van der Waals surface area (Å²) < 4.78 is 5.26. The number of nitrogens with zero attached hydrogens (tertiary/aromatic N) is 2. The molecule has 0 saturated carbocycles. The van der Waals surface area contributed by atoms with E-state index in [9.17, 15) is 0 Å². The fraction of sp³-hybridized carbons (Fsp3) is 0.562. The van der Waals surface area contributed by atoms with E-state index < -0.39 is 0 Å². The molecule has 1 N–H and O–H groups in total. The van der Waals surface area contributed by atoms with Crippen molar-refractivity contribution in [3.63, 3.8) is 0 Å². The van der Waals surface area contributed by atoms with Gasteiger partial charge in [0.15, 0.2) is 6.61 Å². The Morgan fingerprint density at radius 1 is 1.45 bits per heavy atom. The fourth-order valence-corrected chi connectivity index (χ4v) is 2.64. The zero-order valence-electron chi connectivity index (χ0n) is 12.3. The molecule has 20 heavy (non-hydrogen) atoms. The predicted molar refractivity (Wildman–Crippen MR) is 79.6 cm³/mol. The van der Waals surface area contributed by atoms with Crippen molar-refractivity contribution in [1.82, 2.24) is 10.2 Å². The second-order valence-corrected chi connectivity index (χ2v) is 5.42. The highest BCUT2D eigenvalue weighted by Gasteiger charge is 2.20. The van der Waals surface area contributed by atoms with E-state index >= 15 is 0 Å². The van der Waals surface area contributed by atoms with Gasteiger partial charge in [0, 0.05) is 18.6 Å². The van der Waals surface area contributed by atoms with Crippen LogP contribution in [0, 0.1) is 11.3 Å². The molecule has 2 unspecified atom stereocenters. The highest BCUT2D eigenvalue weighted by molar-refractivity contribution is 5.29. The van der Waals surface area contributed by atoms with Crippen LogP contribution in [0.4, 0.5) is 0 Å². The summed E-state index contributed by atoms with van der Waals surface area (Å²) in [6, 6.07) is 10.9. The van der Waals surface area contributed by atoms with Crippen LogP contribution < -0.4 is 10.1 Å². The van der Waals surface area contributed by atoms with Crippen molar-refractivity contribution in [2.75, 3.05) is 26.7 Å². The van der Waals surface area contributed by atoms with Crippen molar-refractivity contribution < 1.29 is 4.74 Å². The number of hydrogen-bond acceptors (Lipinski definition) is 4. The second-order valence-electron chi connectivity index (χ2n) is 5.42. The minimum Gasteiger partial charge on any atom is -0.479 e. The minimum absolute atomic E-state index is 0.0984. The number of nitrogens with one attached hydrogen (secondary N) is 1. The minimum atomic E-state index is 0.0984. The third-order valence-corrected chi connectivity index (χ3v) is 4.01. The molecular weight excluding hydrogens is 250 g/mol. The lowest BCUT2D eigenvalue weighted by Crippen LogP contribution is -2.36. The van der Waals surface area contributed by atoms with E-state index in [4.69, 9.17) is 10.00 Å². The van der Waals surface area contributed by atoms with Gasteiger partial charge in [0.25, 0.3) is 0 Å². The van der Waals surface area contributed by atoms with Gasteiger partial charge in [-0.2, -0.15) is 5.26 Å². The molecule has 4 heteroatoms. The lowest BCUT2D eigenvalue weighted by molar-refractivity contribution is 0.293. The number of likely N-dealkylation sites (tertiary alicyclic amines) is 1. The molecule has 0 spiro atoms. The van der Waals surface area contributed by atoms with Crippen LogP contribution >= 0.6 is 0 Å². The van der Waals surface area contributed by atoms with Crippen LogP contribution in [0.3, 0.4) is 0 Å². The highest BCUT2D eigenvalue weighted by Crippen LogP contribution is 2.19. The molecule has 1 fully saturated rings. The van der Waals surface area contributed by atoms with Crippen LogP contribution in [-0.4, -0.2) is 37.7 Å². The molecule has 2 atom stereocenters. The number of ether oxygens (including phenoxy) is 1. The quantitative estimate of drug-likeness (QED) is 0.864. The maximum absolute atomic E-state index is 8.48. The summed E-state index contributed by atoms with van der Waals surface area (Å²) in [6.07, 6.45) is 2.60. The van der Waals surface area contributed by atoms with Gasteiger partial charge in [0.05, 0.1) is 0 Å². The first-order valence-electron chi connectivity index (χ1n) is 7.24. The summed E-state index contributed by atoms with van der Waals surface area (Å²) in [5.41, 5.74) is 1.25. The standard InChI is InChI=1S/C16H23N3O/c1-13(18-12-15-4-3-10-19(15)2)14-5-7-16(8-6-14)20-11-9-17/h5-8,13,15,18H,3-4,10-12H2,1-2H3. The highest BCUT2D eigenvalue weighted by atomic mass is 16.5. The smallest absolute Gasteiger partial charge is 0.174 e. The lowest BCUT2D eigenvalue weighted by Gasteiger charge is -2.22. The van der Waals surface area contributed by atoms with E-state index in [0.29, 0.717) is 12.1 Å². The Labute approximate surface area is 121 Å². The zero-order chi connectivity index (χ0) is 14.4. The van der Waals surface area contributed by atoms with Gasteiger partial charge in [-0.05, 0) is 51.1 Å². The van der Waals surface area contributed by atoms with Crippen molar-refractivity contribution >= 4 is 0 Å². The topological polar surface area (TPSA) is 48.3 Å². The van der Waals surface area contributed by atoms with Crippen LogP contribution in [0.5, 0.6) is 5.75 Å². The van der Waals surface area contributed by atoms with Crippen molar-refractivity contribution in [3.8, 4) is 11.8 Å². The predicted octanol–water partition coefficient (Wildman–Crippen LogP) is 2.33. The first kappa shape index (κ1) is 14.8. The van der Waals surface area contributed by atoms with E-state index in [2.05, 4.69) is 36.3 Å². The number of likely N-dealkylation sites (N-methyl/N-ethyl adjacent to an activating group) is 1. The van der Waals surface area contributed by atoms with Gasteiger partial charge < -0.3 is 15.0 Å². The molecule has 4 nitrogen and oxygen atoms in total. The Morgan fingerprint density at radius 2 is 2.20 bits per heavy atom. The van der Waals surface area contributed by atoms with Crippen LogP contribution in [0.1, 0.15) is 31.4 Å². The Morgan fingerprint density at radius 3 is 2.80 bits per heavy atom. The van der Waals surface area contributed by atoms with E-state index in [1.54, 1.807) is 0 Å². The molecule has 0 aliphatic carbocycles. The van der Waals surface area contributed by atoms with Gasteiger partial charge in [-0.15, -0.1) is 0 Å². The molecule has 1 saturated heterocycles. The van der Waals surface area contributed by atoms with Crippen LogP contribution in [-0.2, 0) is 0 Å². The van der Waals surface area contributed by atoms with Gasteiger partial charge in [0.2, 0.25) is 0 Å². The maximum atomic E-state index is 8.48. The number of rotatable bonds is 6. The third kappa shape index (κ3) is 3.96. The SMILES string of the molecule is CC(NCC1CCCN1C)c1ccc(OCC#N)cc1. The maximum Gasteiger partial charge on any atom is 0.174 e. The summed E-state index contributed by atoms with van der Waals surface area (Å²) in [7, 11) is 2.20. The number of benzene rings is 1. The Kier molecular flexibility index (Phi) is 5.40. The molecule has 0 radical (unpaired) electrons.